The number of halogens is 3. The van der Waals surface area contributed by atoms with E-state index in [1.54, 1.807) is 16.7 Å². The molecule has 41 heavy (non-hydrogen) atoms. The number of anilines is 1. The fourth-order valence-corrected chi connectivity index (χ4v) is 10.1. The average Bonchev–Trinajstić information content (AvgIpc) is 3.43. The van der Waals surface area contributed by atoms with Gasteiger partial charge in [0, 0.05) is 56.8 Å². The van der Waals surface area contributed by atoms with Crippen LogP contribution in [0.4, 0.5) is 18.9 Å². The number of sulfonamides is 2. The number of hydrogen-bond acceptors (Lipinski definition) is 6. The summed E-state index contributed by atoms with van der Waals surface area (Å²) in [7, 11) is -7.89. The normalized spacial score (nSPS) is 22.8. The van der Waals surface area contributed by atoms with Crippen LogP contribution in [0.15, 0.2) is 53.7 Å². The molecule has 13 heteroatoms. The summed E-state index contributed by atoms with van der Waals surface area (Å²) >= 11 is 0. The second kappa shape index (κ2) is 11.8. The Labute approximate surface area is 240 Å². The van der Waals surface area contributed by atoms with Crippen LogP contribution < -0.4 is 4.90 Å². The highest BCUT2D eigenvalue weighted by molar-refractivity contribution is 7.89. The Bertz CT molecular complexity index is 1400. The topological polar surface area (TPSA) is 90.9 Å². The third-order valence-corrected chi connectivity index (χ3v) is 13.0. The Kier molecular flexibility index (Phi) is 8.71. The number of nitrogens with zero attached hydrogens (tertiary/aromatic N) is 4. The smallest absolute Gasteiger partial charge is 0.371 e. The minimum Gasteiger partial charge on any atom is -0.371 e. The van der Waals surface area contributed by atoms with Gasteiger partial charge in [-0.1, -0.05) is 12.1 Å². The van der Waals surface area contributed by atoms with Crippen molar-refractivity contribution in [3.63, 3.8) is 0 Å². The largest absolute Gasteiger partial charge is 0.417 e. The third-order valence-electron chi connectivity index (χ3n) is 9.07. The molecular weight excluding hydrogens is 577 g/mol. The van der Waals surface area contributed by atoms with Crippen LogP contribution in [-0.4, -0.2) is 74.9 Å². The van der Waals surface area contributed by atoms with Crippen molar-refractivity contribution in [3.05, 3.63) is 54.4 Å². The number of rotatable bonds is 8. The molecule has 1 spiro atoms. The minimum atomic E-state index is -4.80. The molecular formula is C28H37F3N4O4S2. The van der Waals surface area contributed by atoms with Gasteiger partial charge < -0.3 is 4.90 Å². The van der Waals surface area contributed by atoms with Crippen molar-refractivity contribution in [3.8, 4) is 0 Å². The van der Waals surface area contributed by atoms with E-state index in [1.165, 1.54) is 12.1 Å². The van der Waals surface area contributed by atoms with E-state index >= 15 is 0 Å². The highest BCUT2D eigenvalue weighted by atomic mass is 32.2. The van der Waals surface area contributed by atoms with Crippen molar-refractivity contribution in [2.75, 3.05) is 43.4 Å². The summed E-state index contributed by atoms with van der Waals surface area (Å²) < 4.78 is 96.1. The van der Waals surface area contributed by atoms with Gasteiger partial charge in [-0.05, 0) is 81.0 Å². The van der Waals surface area contributed by atoms with Gasteiger partial charge in [0.2, 0.25) is 20.0 Å². The molecule has 8 nitrogen and oxygen atoms in total. The molecule has 3 aliphatic heterocycles. The second-order valence-corrected chi connectivity index (χ2v) is 15.4. The third kappa shape index (κ3) is 6.57. The first-order chi connectivity index (χ1) is 19.4. The number of alkyl halides is 3. The van der Waals surface area contributed by atoms with Crippen molar-refractivity contribution in [1.29, 1.82) is 0 Å². The summed E-state index contributed by atoms with van der Waals surface area (Å²) in [6.45, 7) is 2.96. The lowest BCUT2D eigenvalue weighted by Crippen LogP contribution is -2.48. The standard InChI is InChI=1S/C28H37F3N4O4S2/c29-28(30,31)25-7-1-2-8-26(25)41(38,39)35-17-3-5-24(35)6-4-22-40(36,37)34-20-13-27(14-21-34)11-18-33(19-12-27)23-9-15-32-16-10-23/h1-2,7-10,15-16,24H,3-6,11-14,17-22H2/t24-/m0/s1. The van der Waals surface area contributed by atoms with E-state index < -0.39 is 42.7 Å². The molecule has 0 amide bonds. The van der Waals surface area contributed by atoms with Gasteiger partial charge >= 0.3 is 6.18 Å². The summed E-state index contributed by atoms with van der Waals surface area (Å²) in [6.07, 6.45) is 4.03. The maximum absolute atomic E-state index is 13.5. The molecule has 5 rings (SSSR count). The fourth-order valence-electron chi connectivity index (χ4n) is 6.63. The number of piperidine rings is 2. The summed E-state index contributed by atoms with van der Waals surface area (Å²) in [6, 6.07) is 7.71. The zero-order valence-corrected chi connectivity index (χ0v) is 24.6. The zero-order chi connectivity index (χ0) is 29.3. The lowest BCUT2D eigenvalue weighted by molar-refractivity contribution is -0.139. The molecule has 3 fully saturated rings. The molecule has 0 saturated carbocycles. The predicted molar refractivity (Wildman–Crippen MR) is 150 cm³/mol. The molecule has 0 unspecified atom stereocenters. The monoisotopic (exact) mass is 614 g/mol. The van der Waals surface area contributed by atoms with Gasteiger partial charge in [-0.2, -0.15) is 17.5 Å². The van der Waals surface area contributed by atoms with Gasteiger partial charge in [-0.15, -0.1) is 0 Å². The molecule has 0 bridgehead atoms. The molecule has 2 aromatic rings. The maximum Gasteiger partial charge on any atom is 0.417 e. The van der Waals surface area contributed by atoms with E-state index in [1.807, 2.05) is 12.1 Å². The average molecular weight is 615 g/mol. The molecule has 0 aliphatic carbocycles. The fraction of sp³-hybridized carbons (Fsp3) is 0.607. The molecule has 1 atom stereocenters. The SMILES string of the molecule is O=S(=O)(CCC[C@@H]1CCCN1S(=O)(=O)c1ccccc1C(F)(F)F)N1CCC2(CCN(c3ccncc3)CC2)CC1. The quantitative estimate of drug-likeness (QED) is 0.427. The number of hydrogen-bond donors (Lipinski definition) is 0. The van der Waals surface area contributed by atoms with Crippen molar-refractivity contribution in [2.45, 2.75) is 68.5 Å². The molecule has 0 N–H and O–H groups in total. The summed E-state index contributed by atoms with van der Waals surface area (Å²) in [5.41, 5.74) is 0.133. The van der Waals surface area contributed by atoms with Crippen molar-refractivity contribution >= 4 is 25.7 Å². The Morgan fingerprint density at radius 2 is 1.51 bits per heavy atom. The maximum atomic E-state index is 13.5. The number of benzene rings is 1. The summed E-state index contributed by atoms with van der Waals surface area (Å²) in [5.74, 6) is -0.0979. The number of aromatic nitrogens is 1. The van der Waals surface area contributed by atoms with Crippen LogP contribution in [0, 0.1) is 5.41 Å². The molecule has 3 saturated heterocycles. The highest BCUT2D eigenvalue weighted by Crippen LogP contribution is 2.43. The first-order valence-corrected chi connectivity index (χ1v) is 17.3. The van der Waals surface area contributed by atoms with Gasteiger partial charge in [-0.3, -0.25) is 4.98 Å². The van der Waals surface area contributed by atoms with E-state index in [2.05, 4.69) is 9.88 Å². The van der Waals surface area contributed by atoms with E-state index in [9.17, 15) is 30.0 Å². The van der Waals surface area contributed by atoms with Crippen LogP contribution in [0.5, 0.6) is 0 Å². The van der Waals surface area contributed by atoms with Gasteiger partial charge in [0.15, 0.2) is 0 Å². The van der Waals surface area contributed by atoms with Crippen molar-refractivity contribution in [2.24, 2.45) is 5.41 Å². The van der Waals surface area contributed by atoms with Crippen LogP contribution in [0.3, 0.4) is 0 Å². The van der Waals surface area contributed by atoms with Crippen LogP contribution in [0.25, 0.3) is 0 Å². The van der Waals surface area contributed by atoms with E-state index in [0.717, 1.165) is 60.9 Å². The minimum absolute atomic E-state index is 0.0979. The first kappa shape index (κ1) is 30.2. The Morgan fingerprint density at radius 3 is 2.17 bits per heavy atom. The Hall–Kier alpha value is -2.22. The van der Waals surface area contributed by atoms with Gasteiger partial charge in [0.1, 0.15) is 0 Å². The van der Waals surface area contributed by atoms with Gasteiger partial charge in [-0.25, -0.2) is 21.1 Å². The van der Waals surface area contributed by atoms with Crippen LogP contribution in [-0.2, 0) is 26.2 Å². The predicted octanol–water partition coefficient (Wildman–Crippen LogP) is 4.75. The van der Waals surface area contributed by atoms with Crippen LogP contribution >= 0.6 is 0 Å². The van der Waals surface area contributed by atoms with Crippen LogP contribution in [0.2, 0.25) is 0 Å². The van der Waals surface area contributed by atoms with Crippen molar-refractivity contribution < 1.29 is 30.0 Å². The summed E-state index contributed by atoms with van der Waals surface area (Å²) in [5, 5.41) is 0. The van der Waals surface area contributed by atoms with E-state index in [0.29, 0.717) is 25.9 Å². The zero-order valence-electron chi connectivity index (χ0n) is 23.0. The Balaban J connectivity index is 1.14. The summed E-state index contributed by atoms with van der Waals surface area (Å²) in [4.78, 5) is 5.68. The second-order valence-electron chi connectivity index (χ2n) is 11.5. The molecule has 4 heterocycles. The molecule has 3 aliphatic rings. The lowest BCUT2D eigenvalue weighted by Gasteiger charge is -2.47. The number of pyridine rings is 1. The molecule has 1 aromatic carbocycles. The highest BCUT2D eigenvalue weighted by Gasteiger charge is 2.43. The van der Waals surface area contributed by atoms with Crippen molar-refractivity contribution in [1.82, 2.24) is 13.6 Å². The first-order valence-electron chi connectivity index (χ1n) is 14.2. The van der Waals surface area contributed by atoms with E-state index in [-0.39, 0.29) is 30.6 Å². The lowest BCUT2D eigenvalue weighted by atomic mass is 9.71. The molecule has 0 radical (unpaired) electrons. The molecule has 226 valence electrons. The van der Waals surface area contributed by atoms with Gasteiger partial charge in [0.25, 0.3) is 0 Å². The molecule has 1 aromatic heterocycles. The van der Waals surface area contributed by atoms with Gasteiger partial charge in [0.05, 0.1) is 16.2 Å². The van der Waals surface area contributed by atoms with E-state index in [4.69, 9.17) is 0 Å². The Morgan fingerprint density at radius 1 is 0.878 bits per heavy atom. The van der Waals surface area contributed by atoms with Crippen LogP contribution in [0.1, 0.15) is 56.9 Å².